The van der Waals surface area contributed by atoms with Crippen LogP contribution in [-0.4, -0.2) is 18.8 Å². The van der Waals surface area contributed by atoms with Crippen LogP contribution in [-0.2, 0) is 6.42 Å². The van der Waals surface area contributed by atoms with E-state index in [1.807, 2.05) is 37.4 Å². The summed E-state index contributed by atoms with van der Waals surface area (Å²) in [5.41, 5.74) is 1.00. The predicted octanol–water partition coefficient (Wildman–Crippen LogP) is 4.40. The van der Waals surface area contributed by atoms with Gasteiger partial charge in [-0.3, -0.25) is 0 Å². The van der Waals surface area contributed by atoms with Crippen molar-refractivity contribution in [1.82, 2.24) is 5.32 Å². The van der Waals surface area contributed by atoms with Gasteiger partial charge < -0.3 is 5.32 Å². The smallest absolute Gasteiger partial charge is 0.123 e. The van der Waals surface area contributed by atoms with Gasteiger partial charge in [-0.1, -0.05) is 35.9 Å². The highest BCUT2D eigenvalue weighted by Crippen LogP contribution is 2.27. The highest BCUT2D eigenvalue weighted by molar-refractivity contribution is 7.99. The van der Waals surface area contributed by atoms with Gasteiger partial charge in [0.05, 0.1) is 5.02 Å². The number of halogens is 2. The van der Waals surface area contributed by atoms with Crippen molar-refractivity contribution in [2.45, 2.75) is 17.4 Å². The maximum atomic E-state index is 13.2. The molecule has 2 rings (SSSR count). The quantitative estimate of drug-likeness (QED) is 0.794. The molecule has 0 aliphatic heterocycles. The summed E-state index contributed by atoms with van der Waals surface area (Å²) in [6.07, 6.45) is 0.797. The summed E-state index contributed by atoms with van der Waals surface area (Å²) >= 11 is 7.86. The molecule has 0 saturated carbocycles. The molecule has 0 radical (unpaired) electrons. The van der Waals surface area contributed by atoms with Gasteiger partial charge in [0.2, 0.25) is 0 Å². The van der Waals surface area contributed by atoms with Gasteiger partial charge in [0.1, 0.15) is 5.82 Å². The third-order valence-corrected chi connectivity index (χ3v) is 4.73. The molecule has 0 amide bonds. The highest BCUT2D eigenvalue weighted by atomic mass is 35.5. The Morgan fingerprint density at radius 2 is 2.00 bits per heavy atom. The minimum absolute atomic E-state index is 0.184. The van der Waals surface area contributed by atoms with Crippen LogP contribution in [0.1, 0.15) is 5.56 Å². The monoisotopic (exact) mass is 309 g/mol. The van der Waals surface area contributed by atoms with Crippen molar-refractivity contribution >= 4 is 23.4 Å². The zero-order valence-electron chi connectivity index (χ0n) is 11.3. The van der Waals surface area contributed by atoms with E-state index in [9.17, 15) is 4.39 Å². The molecule has 2 aromatic rings. The van der Waals surface area contributed by atoms with E-state index in [4.69, 9.17) is 11.6 Å². The first kappa shape index (κ1) is 15.4. The van der Waals surface area contributed by atoms with Crippen LogP contribution < -0.4 is 5.32 Å². The van der Waals surface area contributed by atoms with Gasteiger partial charge >= 0.3 is 0 Å². The largest absolute Gasteiger partial charge is 0.316 e. The van der Waals surface area contributed by atoms with E-state index in [-0.39, 0.29) is 11.9 Å². The Kier molecular flexibility index (Phi) is 5.89. The molecule has 0 saturated heterocycles. The van der Waals surface area contributed by atoms with E-state index in [0.717, 1.165) is 27.7 Å². The van der Waals surface area contributed by atoms with Crippen molar-refractivity contribution in [3.05, 3.63) is 64.9 Å². The van der Waals surface area contributed by atoms with Crippen LogP contribution >= 0.6 is 23.4 Å². The fraction of sp³-hybridized carbons (Fsp3) is 0.250. The first-order chi connectivity index (χ1) is 9.69. The van der Waals surface area contributed by atoms with Crippen LogP contribution in [0.3, 0.4) is 0 Å². The van der Waals surface area contributed by atoms with Gasteiger partial charge in [0, 0.05) is 16.7 Å². The van der Waals surface area contributed by atoms with Crippen molar-refractivity contribution in [3.8, 4) is 0 Å². The number of benzene rings is 2. The molecule has 20 heavy (non-hydrogen) atoms. The zero-order valence-corrected chi connectivity index (χ0v) is 12.8. The molecule has 4 heteroatoms. The van der Waals surface area contributed by atoms with Crippen LogP contribution in [0.25, 0.3) is 0 Å². The van der Waals surface area contributed by atoms with E-state index in [1.165, 1.54) is 6.07 Å². The van der Waals surface area contributed by atoms with Crippen LogP contribution in [0, 0.1) is 5.82 Å². The molecular weight excluding hydrogens is 293 g/mol. The van der Waals surface area contributed by atoms with E-state index in [2.05, 4.69) is 5.32 Å². The second kappa shape index (κ2) is 7.67. The fourth-order valence-electron chi connectivity index (χ4n) is 1.94. The van der Waals surface area contributed by atoms with Crippen molar-refractivity contribution in [2.24, 2.45) is 0 Å². The van der Waals surface area contributed by atoms with Crippen molar-refractivity contribution in [1.29, 1.82) is 0 Å². The third kappa shape index (κ3) is 4.51. The van der Waals surface area contributed by atoms with Gasteiger partial charge in [-0.15, -0.1) is 11.8 Å². The summed E-state index contributed by atoms with van der Waals surface area (Å²) in [6.45, 7) is 0. The minimum atomic E-state index is -0.184. The third-order valence-electron chi connectivity index (χ3n) is 3.06. The number of nitrogens with one attached hydrogen (secondary N) is 1. The van der Waals surface area contributed by atoms with Gasteiger partial charge in [-0.05, 0) is 43.3 Å². The Balaban J connectivity index is 1.94. The summed E-state index contributed by atoms with van der Waals surface area (Å²) in [7, 11) is 1.93. The predicted molar refractivity (Wildman–Crippen MR) is 85.1 cm³/mol. The lowest BCUT2D eigenvalue weighted by Crippen LogP contribution is -2.30. The minimum Gasteiger partial charge on any atom is -0.316 e. The summed E-state index contributed by atoms with van der Waals surface area (Å²) in [5.74, 6) is 0.702. The first-order valence-corrected chi connectivity index (χ1v) is 7.84. The Labute approximate surface area is 128 Å². The first-order valence-electron chi connectivity index (χ1n) is 6.48. The highest BCUT2D eigenvalue weighted by Gasteiger charge is 2.10. The Morgan fingerprint density at radius 3 is 2.70 bits per heavy atom. The summed E-state index contributed by atoms with van der Waals surface area (Å²) in [4.78, 5) is 1.08. The van der Waals surface area contributed by atoms with Crippen molar-refractivity contribution < 1.29 is 4.39 Å². The zero-order chi connectivity index (χ0) is 14.4. The molecule has 1 N–H and O–H groups in total. The second-order valence-corrected chi connectivity index (χ2v) is 6.03. The van der Waals surface area contributed by atoms with E-state index < -0.39 is 0 Å². The molecule has 0 bridgehead atoms. The average molecular weight is 310 g/mol. The lowest BCUT2D eigenvalue weighted by atomic mass is 10.1. The number of rotatable bonds is 6. The lowest BCUT2D eigenvalue weighted by molar-refractivity contribution is 0.602. The van der Waals surface area contributed by atoms with Crippen LogP contribution in [0.4, 0.5) is 4.39 Å². The van der Waals surface area contributed by atoms with E-state index >= 15 is 0 Å². The van der Waals surface area contributed by atoms with Gasteiger partial charge in [-0.25, -0.2) is 4.39 Å². The van der Waals surface area contributed by atoms with Crippen LogP contribution in [0.5, 0.6) is 0 Å². The van der Waals surface area contributed by atoms with Gasteiger partial charge in [-0.2, -0.15) is 0 Å². The topological polar surface area (TPSA) is 12.0 Å². The molecule has 0 aliphatic rings. The molecule has 0 spiro atoms. The standard InChI is InChI=1S/C16H17ClFNS/c1-19-14(10-12-5-4-6-13(18)9-12)11-20-16-8-3-2-7-15(16)17/h2-9,14,19H,10-11H2,1H3. The maximum Gasteiger partial charge on any atom is 0.123 e. The Hall–Kier alpha value is -1.03. The number of hydrogen-bond donors (Lipinski definition) is 1. The molecule has 1 nitrogen and oxygen atoms in total. The molecule has 1 atom stereocenters. The molecule has 1 unspecified atom stereocenters. The molecular formula is C16H17ClFNS. The molecule has 0 aromatic heterocycles. The maximum absolute atomic E-state index is 13.2. The molecule has 0 fully saturated rings. The molecule has 2 aromatic carbocycles. The summed E-state index contributed by atoms with van der Waals surface area (Å²) in [5, 5.41) is 4.05. The van der Waals surface area contributed by atoms with Gasteiger partial charge in [0.25, 0.3) is 0 Å². The normalized spacial score (nSPS) is 12.3. The van der Waals surface area contributed by atoms with Crippen LogP contribution in [0.2, 0.25) is 5.02 Å². The van der Waals surface area contributed by atoms with Gasteiger partial charge in [0.15, 0.2) is 0 Å². The molecule has 0 aliphatic carbocycles. The number of likely N-dealkylation sites (N-methyl/N-ethyl adjacent to an activating group) is 1. The van der Waals surface area contributed by atoms with Crippen molar-refractivity contribution in [2.75, 3.05) is 12.8 Å². The summed E-state index contributed by atoms with van der Waals surface area (Å²) in [6, 6.07) is 14.8. The second-order valence-electron chi connectivity index (χ2n) is 4.56. The van der Waals surface area contributed by atoms with E-state index in [0.29, 0.717) is 0 Å². The fourth-order valence-corrected chi connectivity index (χ4v) is 3.29. The molecule has 106 valence electrons. The van der Waals surface area contributed by atoms with E-state index in [1.54, 1.807) is 23.9 Å². The lowest BCUT2D eigenvalue weighted by Gasteiger charge is -2.16. The van der Waals surface area contributed by atoms with Crippen LogP contribution in [0.15, 0.2) is 53.4 Å². The number of hydrogen-bond acceptors (Lipinski definition) is 2. The summed E-state index contributed by atoms with van der Waals surface area (Å²) < 4.78 is 13.2. The molecule has 0 heterocycles. The SMILES string of the molecule is CNC(CSc1ccccc1Cl)Cc1cccc(F)c1. The average Bonchev–Trinajstić information content (AvgIpc) is 2.45. The number of thioether (sulfide) groups is 1. The van der Waals surface area contributed by atoms with Crippen molar-refractivity contribution in [3.63, 3.8) is 0 Å². The Morgan fingerprint density at radius 1 is 1.20 bits per heavy atom. The Bertz CT molecular complexity index is 562.